The maximum Gasteiger partial charge on any atom is 0.358 e. The van der Waals surface area contributed by atoms with Gasteiger partial charge in [0.2, 0.25) is 0 Å². The molecule has 2 aromatic heterocycles. The summed E-state index contributed by atoms with van der Waals surface area (Å²) < 4.78 is 12.5. The van der Waals surface area contributed by atoms with E-state index in [0.717, 1.165) is 44.9 Å². The summed E-state index contributed by atoms with van der Waals surface area (Å²) in [7, 11) is 0. The minimum absolute atomic E-state index is 0.0310. The second kappa shape index (κ2) is 8.75. The number of carbonyl (C=O) groups is 2. The van der Waals surface area contributed by atoms with E-state index < -0.39 is 5.97 Å². The molecule has 2 saturated heterocycles. The van der Waals surface area contributed by atoms with Crippen LogP contribution in [0.15, 0.2) is 22.9 Å². The van der Waals surface area contributed by atoms with Crippen LogP contribution in [0.1, 0.15) is 39.4 Å². The van der Waals surface area contributed by atoms with Crippen LogP contribution in [0, 0.1) is 5.92 Å². The molecule has 0 aromatic carbocycles. The van der Waals surface area contributed by atoms with E-state index >= 15 is 0 Å². The van der Waals surface area contributed by atoms with Gasteiger partial charge in [-0.1, -0.05) is 5.21 Å². The lowest BCUT2D eigenvalue weighted by Gasteiger charge is -2.32. The van der Waals surface area contributed by atoms with Crippen LogP contribution in [0.3, 0.4) is 0 Å². The van der Waals surface area contributed by atoms with Gasteiger partial charge in [0, 0.05) is 32.7 Å². The summed E-state index contributed by atoms with van der Waals surface area (Å²) in [6.07, 6.45) is 4.82. The summed E-state index contributed by atoms with van der Waals surface area (Å²) in [5.74, 6) is -0.135. The van der Waals surface area contributed by atoms with Gasteiger partial charge in [-0.25, -0.2) is 4.79 Å². The highest BCUT2D eigenvalue weighted by Crippen LogP contribution is 2.21. The Morgan fingerprint density at radius 3 is 2.83 bits per heavy atom. The summed E-state index contributed by atoms with van der Waals surface area (Å²) in [5.41, 5.74) is 0.503. The van der Waals surface area contributed by atoms with Crippen molar-refractivity contribution < 1.29 is 23.8 Å². The van der Waals surface area contributed by atoms with E-state index in [1.807, 2.05) is 11.0 Å². The van der Waals surface area contributed by atoms with Gasteiger partial charge in [0.05, 0.1) is 31.5 Å². The normalized spacial score (nSPS) is 20.7. The third kappa shape index (κ3) is 4.83. The number of aromatic carboxylic acids is 1. The van der Waals surface area contributed by atoms with Crippen LogP contribution in [-0.2, 0) is 17.8 Å². The minimum Gasteiger partial charge on any atom is -0.476 e. The Kier molecular flexibility index (Phi) is 5.91. The Morgan fingerprint density at radius 1 is 1.24 bits per heavy atom. The molecule has 0 aliphatic carbocycles. The second-order valence-corrected chi connectivity index (χ2v) is 7.58. The molecule has 4 heterocycles. The quantitative estimate of drug-likeness (QED) is 0.758. The molecule has 4 rings (SSSR count). The van der Waals surface area contributed by atoms with Crippen LogP contribution in [-0.4, -0.2) is 81.2 Å². The Bertz CT molecular complexity index is 857. The predicted octanol–water partition coefficient (Wildman–Crippen LogP) is 0.954. The van der Waals surface area contributed by atoms with Gasteiger partial charge in [0.1, 0.15) is 12.0 Å². The Labute approximate surface area is 168 Å². The molecule has 1 amide bonds. The highest BCUT2D eigenvalue weighted by atomic mass is 16.5. The number of piperidine rings is 1. The fourth-order valence-corrected chi connectivity index (χ4v) is 3.89. The van der Waals surface area contributed by atoms with E-state index in [0.29, 0.717) is 31.7 Å². The zero-order chi connectivity index (χ0) is 20.2. The van der Waals surface area contributed by atoms with E-state index in [9.17, 15) is 9.59 Å². The Hall–Kier alpha value is -2.72. The molecule has 1 atom stereocenters. The molecule has 2 aliphatic rings. The number of amides is 1. The third-order valence-electron chi connectivity index (χ3n) is 5.39. The zero-order valence-corrected chi connectivity index (χ0v) is 16.2. The summed E-state index contributed by atoms with van der Waals surface area (Å²) in [6, 6.07) is 1.83. The Balaban J connectivity index is 1.34. The molecule has 2 aromatic rings. The number of morpholine rings is 1. The largest absolute Gasteiger partial charge is 0.476 e. The summed E-state index contributed by atoms with van der Waals surface area (Å²) in [4.78, 5) is 27.9. The van der Waals surface area contributed by atoms with Crippen LogP contribution in [0.25, 0.3) is 0 Å². The molecule has 0 unspecified atom stereocenters. The Morgan fingerprint density at radius 2 is 2.07 bits per heavy atom. The minimum atomic E-state index is -1.09. The highest BCUT2D eigenvalue weighted by molar-refractivity contribution is 5.94. The van der Waals surface area contributed by atoms with Gasteiger partial charge in [-0.05, 0) is 24.8 Å². The first-order valence-electron chi connectivity index (χ1n) is 9.88. The summed E-state index contributed by atoms with van der Waals surface area (Å²) >= 11 is 0. The fraction of sp³-hybridized carbons (Fsp3) is 0.579. The second-order valence-electron chi connectivity index (χ2n) is 7.58. The maximum absolute atomic E-state index is 12.9. The number of carboxylic acids is 1. The average Bonchev–Trinajstić information content (AvgIpc) is 3.38. The average molecular weight is 403 g/mol. The third-order valence-corrected chi connectivity index (χ3v) is 5.39. The number of likely N-dealkylation sites (tertiary alicyclic amines) is 1. The van der Waals surface area contributed by atoms with Crippen LogP contribution in [0.4, 0.5) is 0 Å². The molecule has 0 saturated carbocycles. The van der Waals surface area contributed by atoms with E-state index in [-0.39, 0.29) is 17.5 Å². The first-order chi connectivity index (χ1) is 14.1. The van der Waals surface area contributed by atoms with Crippen LogP contribution < -0.4 is 0 Å². The van der Waals surface area contributed by atoms with Crippen LogP contribution in [0.5, 0.6) is 0 Å². The van der Waals surface area contributed by atoms with Crippen molar-refractivity contribution in [2.24, 2.45) is 5.92 Å². The van der Waals surface area contributed by atoms with E-state index in [4.69, 9.17) is 14.3 Å². The molecule has 2 aliphatic heterocycles. The van der Waals surface area contributed by atoms with Crippen molar-refractivity contribution in [3.05, 3.63) is 35.5 Å². The number of nitrogens with zero attached hydrogens (tertiary/aromatic N) is 5. The van der Waals surface area contributed by atoms with Gasteiger partial charge < -0.3 is 19.2 Å². The smallest absolute Gasteiger partial charge is 0.358 e. The van der Waals surface area contributed by atoms with Crippen molar-refractivity contribution in [3.8, 4) is 0 Å². The number of ether oxygens (including phenoxy) is 1. The number of carbonyl (C=O) groups excluding carboxylic acids is 1. The molecule has 10 heteroatoms. The topological polar surface area (TPSA) is 114 Å². The van der Waals surface area contributed by atoms with Crippen molar-refractivity contribution in [3.63, 3.8) is 0 Å². The lowest BCUT2D eigenvalue weighted by molar-refractivity contribution is 0.0313. The number of aromatic nitrogens is 3. The van der Waals surface area contributed by atoms with Gasteiger partial charge in [-0.15, -0.1) is 5.10 Å². The van der Waals surface area contributed by atoms with Gasteiger partial charge in [0.15, 0.2) is 5.69 Å². The van der Waals surface area contributed by atoms with Gasteiger partial charge >= 0.3 is 5.97 Å². The summed E-state index contributed by atoms with van der Waals surface area (Å²) in [5, 5.41) is 16.5. The van der Waals surface area contributed by atoms with Crippen molar-refractivity contribution in [2.45, 2.75) is 25.9 Å². The number of carboxylic acid groups (broad SMARTS) is 1. The molecular weight excluding hydrogens is 378 g/mol. The lowest BCUT2D eigenvalue weighted by Crippen LogP contribution is -2.41. The van der Waals surface area contributed by atoms with Crippen LogP contribution >= 0.6 is 0 Å². The van der Waals surface area contributed by atoms with Crippen molar-refractivity contribution in [1.29, 1.82) is 0 Å². The molecule has 29 heavy (non-hydrogen) atoms. The molecule has 0 spiro atoms. The standard InChI is InChI=1S/C19H25N5O5/c25-18(15-8-16(29-13-15)11-22-4-6-28-7-5-22)23-3-1-2-14(9-23)10-24-12-17(19(26)27)20-21-24/h8,12-14H,1-7,9-11H2,(H,26,27)/t14-/m1/s1. The number of hydrogen-bond donors (Lipinski definition) is 1. The maximum atomic E-state index is 12.9. The number of furan rings is 1. The molecule has 0 bridgehead atoms. The van der Waals surface area contributed by atoms with Crippen LogP contribution in [0.2, 0.25) is 0 Å². The van der Waals surface area contributed by atoms with Crippen molar-refractivity contribution >= 4 is 11.9 Å². The van der Waals surface area contributed by atoms with E-state index in [2.05, 4.69) is 15.2 Å². The molecule has 1 N–H and O–H groups in total. The molecular formula is C19H25N5O5. The first-order valence-corrected chi connectivity index (χ1v) is 9.88. The summed E-state index contributed by atoms with van der Waals surface area (Å²) in [6.45, 7) is 5.70. The van der Waals surface area contributed by atoms with Crippen molar-refractivity contribution in [1.82, 2.24) is 24.8 Å². The van der Waals surface area contributed by atoms with E-state index in [1.165, 1.54) is 12.5 Å². The highest BCUT2D eigenvalue weighted by Gasteiger charge is 2.26. The fourth-order valence-electron chi connectivity index (χ4n) is 3.89. The SMILES string of the molecule is O=C(O)c1cn(C[C@@H]2CCCN(C(=O)c3coc(CN4CCOCC4)c3)C2)nn1. The molecule has 10 nitrogen and oxygen atoms in total. The van der Waals surface area contributed by atoms with Gasteiger partial charge in [0.25, 0.3) is 5.91 Å². The zero-order valence-electron chi connectivity index (χ0n) is 16.2. The predicted molar refractivity (Wildman–Crippen MR) is 100 cm³/mol. The number of hydrogen-bond acceptors (Lipinski definition) is 7. The molecule has 2 fully saturated rings. The molecule has 156 valence electrons. The van der Waals surface area contributed by atoms with Crippen molar-refractivity contribution in [2.75, 3.05) is 39.4 Å². The van der Waals surface area contributed by atoms with Gasteiger partial charge in [-0.2, -0.15) is 0 Å². The first kappa shape index (κ1) is 19.6. The number of rotatable bonds is 6. The van der Waals surface area contributed by atoms with Gasteiger partial charge in [-0.3, -0.25) is 14.4 Å². The molecule has 0 radical (unpaired) electrons. The van der Waals surface area contributed by atoms with E-state index in [1.54, 1.807) is 4.68 Å². The lowest BCUT2D eigenvalue weighted by atomic mass is 9.97. The monoisotopic (exact) mass is 403 g/mol.